The SMILES string of the molecule is NC(CN1C(=O)CCc2ccc(F)cc21)c1ccccc1. The molecular formula is C17H17FN2O. The lowest BCUT2D eigenvalue weighted by molar-refractivity contribution is -0.119. The maximum absolute atomic E-state index is 13.5. The highest BCUT2D eigenvalue weighted by Crippen LogP contribution is 2.30. The molecule has 1 amide bonds. The third-order valence-corrected chi connectivity index (χ3v) is 3.85. The molecule has 1 aliphatic rings. The van der Waals surface area contributed by atoms with Gasteiger partial charge >= 0.3 is 0 Å². The smallest absolute Gasteiger partial charge is 0.227 e. The minimum absolute atomic E-state index is 0.000480. The first-order valence-corrected chi connectivity index (χ1v) is 7.04. The van der Waals surface area contributed by atoms with Crippen LogP contribution in [0.4, 0.5) is 10.1 Å². The van der Waals surface area contributed by atoms with Crippen LogP contribution >= 0.6 is 0 Å². The molecule has 0 aliphatic carbocycles. The van der Waals surface area contributed by atoms with Gasteiger partial charge in [-0.2, -0.15) is 0 Å². The van der Waals surface area contributed by atoms with Crippen molar-refractivity contribution in [3.05, 3.63) is 65.5 Å². The Morgan fingerprint density at radius 2 is 1.90 bits per heavy atom. The van der Waals surface area contributed by atoms with Crippen LogP contribution in [0.5, 0.6) is 0 Å². The lowest BCUT2D eigenvalue weighted by atomic mass is 9.99. The summed E-state index contributed by atoms with van der Waals surface area (Å²) in [7, 11) is 0. The molecule has 1 atom stereocenters. The maximum Gasteiger partial charge on any atom is 0.227 e. The third kappa shape index (κ3) is 2.81. The van der Waals surface area contributed by atoms with E-state index >= 15 is 0 Å². The Hall–Kier alpha value is -2.20. The van der Waals surface area contributed by atoms with Crippen molar-refractivity contribution < 1.29 is 9.18 Å². The zero-order valence-corrected chi connectivity index (χ0v) is 11.6. The fourth-order valence-electron chi connectivity index (χ4n) is 2.71. The molecule has 2 N–H and O–H groups in total. The third-order valence-electron chi connectivity index (χ3n) is 3.85. The summed E-state index contributed by atoms with van der Waals surface area (Å²) < 4.78 is 13.5. The van der Waals surface area contributed by atoms with Crippen molar-refractivity contribution in [2.75, 3.05) is 11.4 Å². The number of aryl methyl sites for hydroxylation is 1. The summed E-state index contributed by atoms with van der Waals surface area (Å²) in [4.78, 5) is 13.8. The van der Waals surface area contributed by atoms with Gasteiger partial charge < -0.3 is 10.6 Å². The number of nitrogens with two attached hydrogens (primary N) is 1. The quantitative estimate of drug-likeness (QED) is 0.942. The van der Waals surface area contributed by atoms with Crippen LogP contribution in [0.2, 0.25) is 0 Å². The molecule has 0 bridgehead atoms. The molecule has 0 saturated carbocycles. The second-order valence-electron chi connectivity index (χ2n) is 5.29. The van der Waals surface area contributed by atoms with Crippen molar-refractivity contribution in [1.29, 1.82) is 0 Å². The largest absolute Gasteiger partial charge is 0.322 e. The number of amides is 1. The number of hydrogen-bond donors (Lipinski definition) is 1. The van der Waals surface area contributed by atoms with Crippen molar-refractivity contribution in [3.8, 4) is 0 Å². The van der Waals surface area contributed by atoms with E-state index in [4.69, 9.17) is 5.73 Å². The number of nitrogens with zero attached hydrogens (tertiary/aromatic N) is 1. The van der Waals surface area contributed by atoms with Crippen molar-refractivity contribution in [3.63, 3.8) is 0 Å². The second-order valence-corrected chi connectivity index (χ2v) is 5.29. The first kappa shape index (κ1) is 13.8. The molecule has 1 heterocycles. The van der Waals surface area contributed by atoms with Gasteiger partial charge in [-0.1, -0.05) is 36.4 Å². The molecule has 0 saturated heterocycles. The predicted octanol–water partition coefficient (Wildman–Crippen LogP) is 2.80. The number of carbonyl (C=O) groups is 1. The van der Waals surface area contributed by atoms with Crippen LogP contribution in [-0.2, 0) is 11.2 Å². The molecule has 21 heavy (non-hydrogen) atoms. The maximum atomic E-state index is 13.5. The van der Waals surface area contributed by atoms with Crippen LogP contribution < -0.4 is 10.6 Å². The minimum Gasteiger partial charge on any atom is -0.322 e. The highest BCUT2D eigenvalue weighted by atomic mass is 19.1. The first-order chi connectivity index (χ1) is 10.1. The molecule has 4 heteroatoms. The number of carbonyl (C=O) groups excluding carboxylic acids is 1. The molecule has 2 aromatic rings. The summed E-state index contributed by atoms with van der Waals surface area (Å²) >= 11 is 0. The molecule has 1 unspecified atom stereocenters. The Bertz CT molecular complexity index is 657. The van der Waals surface area contributed by atoms with E-state index in [1.54, 1.807) is 11.0 Å². The first-order valence-electron chi connectivity index (χ1n) is 7.04. The van der Waals surface area contributed by atoms with Gasteiger partial charge in [0.15, 0.2) is 0 Å². The Morgan fingerprint density at radius 3 is 2.67 bits per heavy atom. The number of fused-ring (bicyclic) bond motifs is 1. The van der Waals surface area contributed by atoms with Gasteiger partial charge in [0, 0.05) is 24.7 Å². The molecule has 108 valence electrons. The average molecular weight is 284 g/mol. The van der Waals surface area contributed by atoms with Crippen LogP contribution in [0.3, 0.4) is 0 Å². The molecule has 3 rings (SSSR count). The van der Waals surface area contributed by atoms with Gasteiger partial charge in [-0.05, 0) is 29.7 Å². The van der Waals surface area contributed by atoms with E-state index in [1.165, 1.54) is 12.1 Å². The molecule has 0 aromatic heterocycles. The zero-order valence-electron chi connectivity index (χ0n) is 11.6. The average Bonchev–Trinajstić information content (AvgIpc) is 2.51. The van der Waals surface area contributed by atoms with E-state index < -0.39 is 0 Å². The fraction of sp³-hybridized carbons (Fsp3) is 0.235. The molecule has 3 nitrogen and oxygen atoms in total. The van der Waals surface area contributed by atoms with Gasteiger partial charge in [-0.15, -0.1) is 0 Å². The van der Waals surface area contributed by atoms with E-state index in [9.17, 15) is 9.18 Å². The van der Waals surface area contributed by atoms with Crippen LogP contribution in [0, 0.1) is 5.82 Å². The molecule has 0 radical (unpaired) electrons. The summed E-state index contributed by atoms with van der Waals surface area (Å²) in [6.45, 7) is 0.360. The van der Waals surface area contributed by atoms with Gasteiger partial charge in [0.05, 0.1) is 0 Å². The number of anilines is 1. The van der Waals surface area contributed by atoms with Crippen LogP contribution in [-0.4, -0.2) is 12.5 Å². The Balaban J connectivity index is 1.88. The van der Waals surface area contributed by atoms with Crippen molar-refractivity contribution in [2.45, 2.75) is 18.9 Å². The molecule has 2 aromatic carbocycles. The summed E-state index contributed by atoms with van der Waals surface area (Å²) in [6.07, 6.45) is 1.10. The summed E-state index contributed by atoms with van der Waals surface area (Å²) in [6, 6.07) is 13.9. The fourth-order valence-corrected chi connectivity index (χ4v) is 2.71. The number of hydrogen-bond acceptors (Lipinski definition) is 2. The monoisotopic (exact) mass is 284 g/mol. The zero-order chi connectivity index (χ0) is 14.8. The normalized spacial score (nSPS) is 15.7. The van der Waals surface area contributed by atoms with E-state index in [1.807, 2.05) is 30.3 Å². The van der Waals surface area contributed by atoms with E-state index in [2.05, 4.69) is 0 Å². The van der Waals surface area contributed by atoms with Gasteiger partial charge in [0.25, 0.3) is 0 Å². The summed E-state index contributed by atoms with van der Waals surface area (Å²) in [5.41, 5.74) is 8.81. The topological polar surface area (TPSA) is 46.3 Å². The van der Waals surface area contributed by atoms with Gasteiger partial charge in [-0.25, -0.2) is 4.39 Å². The number of benzene rings is 2. The van der Waals surface area contributed by atoms with Crippen LogP contribution in [0.15, 0.2) is 48.5 Å². The standard InChI is InChI=1S/C17H17FN2O/c18-14-8-6-13-7-9-17(21)20(16(13)10-14)11-15(19)12-4-2-1-3-5-12/h1-6,8,10,15H,7,9,11,19H2. The molecule has 0 fully saturated rings. The minimum atomic E-state index is -0.332. The highest BCUT2D eigenvalue weighted by Gasteiger charge is 2.26. The lowest BCUT2D eigenvalue weighted by Gasteiger charge is -2.31. The highest BCUT2D eigenvalue weighted by molar-refractivity contribution is 5.96. The lowest BCUT2D eigenvalue weighted by Crippen LogP contribution is -2.40. The molecule has 1 aliphatic heterocycles. The van der Waals surface area contributed by atoms with E-state index in [0.29, 0.717) is 25.1 Å². The number of rotatable bonds is 3. The van der Waals surface area contributed by atoms with Gasteiger partial charge in [0.1, 0.15) is 5.82 Å². The van der Waals surface area contributed by atoms with Crippen molar-refractivity contribution in [2.24, 2.45) is 5.73 Å². The number of halogens is 1. The Morgan fingerprint density at radius 1 is 1.14 bits per heavy atom. The summed E-state index contributed by atoms with van der Waals surface area (Å²) in [5.74, 6) is -0.332. The molecule has 0 spiro atoms. The summed E-state index contributed by atoms with van der Waals surface area (Å²) in [5, 5.41) is 0. The van der Waals surface area contributed by atoms with Crippen molar-refractivity contribution >= 4 is 11.6 Å². The van der Waals surface area contributed by atoms with E-state index in [0.717, 1.165) is 11.1 Å². The Labute approximate surface area is 123 Å². The Kier molecular flexibility index (Phi) is 3.71. The van der Waals surface area contributed by atoms with Crippen LogP contribution in [0.25, 0.3) is 0 Å². The van der Waals surface area contributed by atoms with Gasteiger partial charge in [0.2, 0.25) is 5.91 Å². The molecular weight excluding hydrogens is 267 g/mol. The second kappa shape index (κ2) is 5.66. The predicted molar refractivity (Wildman–Crippen MR) is 80.4 cm³/mol. The van der Waals surface area contributed by atoms with Crippen molar-refractivity contribution in [1.82, 2.24) is 0 Å². The van der Waals surface area contributed by atoms with E-state index in [-0.39, 0.29) is 17.8 Å². The van der Waals surface area contributed by atoms with Gasteiger partial charge in [-0.3, -0.25) is 4.79 Å². The van der Waals surface area contributed by atoms with Crippen LogP contribution in [0.1, 0.15) is 23.6 Å².